The largest absolute Gasteiger partial charge is 0.369 e. The highest BCUT2D eigenvalue weighted by atomic mass is 79.9. The number of hydrogen-bond donors (Lipinski definition) is 0. The van der Waals surface area contributed by atoms with Crippen molar-refractivity contribution in [2.24, 2.45) is 0 Å². The number of ether oxygens (including phenoxy) is 1. The van der Waals surface area contributed by atoms with Gasteiger partial charge in [0.1, 0.15) is 6.61 Å². The van der Waals surface area contributed by atoms with Crippen molar-refractivity contribution < 1.29 is 9.53 Å². The molecular formula is C10H10BrClO2. The van der Waals surface area contributed by atoms with Gasteiger partial charge in [-0.05, 0) is 17.7 Å². The van der Waals surface area contributed by atoms with Gasteiger partial charge in [0.25, 0.3) is 0 Å². The first kappa shape index (κ1) is 11.7. The molecule has 0 bridgehead atoms. The van der Waals surface area contributed by atoms with E-state index in [1.54, 1.807) is 12.1 Å². The van der Waals surface area contributed by atoms with Crippen LogP contribution in [0.5, 0.6) is 0 Å². The molecule has 0 unspecified atom stereocenters. The number of ketones is 1. The quantitative estimate of drug-likeness (QED) is 0.774. The average molecular weight is 278 g/mol. The number of Topliss-reactive ketones (excluding diaryl/α,β-unsaturated/α-hetero) is 1. The topological polar surface area (TPSA) is 26.3 Å². The summed E-state index contributed by atoms with van der Waals surface area (Å²) in [7, 11) is 0. The van der Waals surface area contributed by atoms with Crippen molar-refractivity contribution in [3.63, 3.8) is 0 Å². The Balaban J connectivity index is 2.31. The predicted molar refractivity (Wildman–Crippen MR) is 59.9 cm³/mol. The summed E-state index contributed by atoms with van der Waals surface area (Å²) < 4.78 is 5.19. The van der Waals surface area contributed by atoms with Gasteiger partial charge in [0.2, 0.25) is 0 Å². The van der Waals surface area contributed by atoms with Crippen molar-refractivity contribution in [2.75, 3.05) is 11.9 Å². The van der Waals surface area contributed by atoms with Crippen molar-refractivity contribution in [2.45, 2.75) is 6.61 Å². The van der Waals surface area contributed by atoms with E-state index in [0.29, 0.717) is 17.0 Å². The van der Waals surface area contributed by atoms with E-state index < -0.39 is 0 Å². The van der Waals surface area contributed by atoms with Crippen LogP contribution < -0.4 is 0 Å². The molecule has 2 nitrogen and oxygen atoms in total. The Kier molecular flexibility index (Phi) is 5.15. The summed E-state index contributed by atoms with van der Waals surface area (Å²) in [5.41, 5.74) is 1.01. The van der Waals surface area contributed by atoms with Crippen molar-refractivity contribution in [1.29, 1.82) is 0 Å². The molecule has 0 saturated carbocycles. The van der Waals surface area contributed by atoms with Gasteiger partial charge in [0, 0.05) is 5.02 Å². The van der Waals surface area contributed by atoms with Gasteiger partial charge in [-0.3, -0.25) is 4.79 Å². The number of rotatable bonds is 5. The van der Waals surface area contributed by atoms with Crippen LogP contribution in [0.2, 0.25) is 5.02 Å². The number of benzene rings is 1. The van der Waals surface area contributed by atoms with Crippen LogP contribution in [-0.2, 0) is 16.1 Å². The molecule has 0 spiro atoms. The van der Waals surface area contributed by atoms with Gasteiger partial charge >= 0.3 is 0 Å². The second-order valence-electron chi connectivity index (χ2n) is 2.79. The minimum atomic E-state index is 0.0407. The Hall–Kier alpha value is -0.380. The first-order chi connectivity index (χ1) is 6.72. The maximum atomic E-state index is 10.9. The molecule has 0 heterocycles. The normalized spacial score (nSPS) is 10.1. The van der Waals surface area contributed by atoms with E-state index in [0.717, 1.165) is 5.56 Å². The molecule has 0 fully saturated rings. The molecule has 0 amide bonds. The van der Waals surface area contributed by atoms with Crippen LogP contribution in [-0.4, -0.2) is 17.7 Å². The molecule has 0 aliphatic carbocycles. The van der Waals surface area contributed by atoms with Gasteiger partial charge in [-0.15, -0.1) is 0 Å². The van der Waals surface area contributed by atoms with Crippen LogP contribution in [0.4, 0.5) is 0 Å². The molecule has 4 heteroatoms. The van der Waals surface area contributed by atoms with Crippen LogP contribution in [0, 0.1) is 0 Å². The molecule has 0 saturated heterocycles. The zero-order valence-electron chi connectivity index (χ0n) is 7.50. The van der Waals surface area contributed by atoms with Gasteiger partial charge in [0.05, 0.1) is 11.9 Å². The van der Waals surface area contributed by atoms with Crippen LogP contribution in [0.25, 0.3) is 0 Å². The molecule has 1 aromatic rings. The molecule has 14 heavy (non-hydrogen) atoms. The van der Waals surface area contributed by atoms with E-state index in [9.17, 15) is 4.79 Å². The summed E-state index contributed by atoms with van der Waals surface area (Å²) >= 11 is 8.78. The molecule has 0 radical (unpaired) electrons. The Bertz CT molecular complexity index is 297. The zero-order chi connectivity index (χ0) is 10.4. The monoisotopic (exact) mass is 276 g/mol. The summed E-state index contributed by atoms with van der Waals surface area (Å²) in [6, 6.07) is 7.35. The summed E-state index contributed by atoms with van der Waals surface area (Å²) in [5, 5.41) is 1.04. The van der Waals surface area contributed by atoms with E-state index in [4.69, 9.17) is 16.3 Å². The van der Waals surface area contributed by atoms with Gasteiger partial charge < -0.3 is 4.74 Å². The lowest BCUT2D eigenvalue weighted by Crippen LogP contribution is -2.09. The van der Waals surface area contributed by atoms with Crippen molar-refractivity contribution >= 4 is 33.3 Å². The van der Waals surface area contributed by atoms with E-state index in [2.05, 4.69) is 15.9 Å². The highest BCUT2D eigenvalue weighted by Gasteiger charge is 1.99. The fraction of sp³-hybridized carbons (Fsp3) is 0.300. The lowest BCUT2D eigenvalue weighted by atomic mass is 10.2. The Labute approximate surface area is 96.3 Å². The van der Waals surface area contributed by atoms with Crippen molar-refractivity contribution in [3.05, 3.63) is 34.9 Å². The van der Waals surface area contributed by atoms with Crippen LogP contribution in [0.3, 0.4) is 0 Å². The Morgan fingerprint density at radius 1 is 1.36 bits per heavy atom. The zero-order valence-corrected chi connectivity index (χ0v) is 9.85. The van der Waals surface area contributed by atoms with Crippen LogP contribution >= 0.6 is 27.5 Å². The van der Waals surface area contributed by atoms with Gasteiger partial charge in [-0.2, -0.15) is 0 Å². The van der Waals surface area contributed by atoms with E-state index >= 15 is 0 Å². The standard InChI is InChI=1S/C10H10BrClO2/c11-5-10(13)7-14-6-8-1-3-9(12)4-2-8/h1-4H,5-7H2. The number of alkyl halides is 1. The van der Waals surface area contributed by atoms with Crippen molar-refractivity contribution in [3.8, 4) is 0 Å². The fourth-order valence-corrected chi connectivity index (χ4v) is 1.19. The lowest BCUT2D eigenvalue weighted by Gasteiger charge is -2.02. The minimum absolute atomic E-state index is 0.0407. The third kappa shape index (κ3) is 4.22. The number of halogens is 2. The third-order valence-electron chi connectivity index (χ3n) is 1.59. The highest BCUT2D eigenvalue weighted by molar-refractivity contribution is 9.09. The fourth-order valence-electron chi connectivity index (χ4n) is 0.902. The van der Waals surface area contributed by atoms with Crippen molar-refractivity contribution in [1.82, 2.24) is 0 Å². The molecule has 0 atom stereocenters. The average Bonchev–Trinajstić information content (AvgIpc) is 2.21. The smallest absolute Gasteiger partial charge is 0.168 e. The second kappa shape index (κ2) is 6.17. The molecule has 0 aliphatic heterocycles. The first-order valence-corrected chi connectivity index (χ1v) is 5.62. The van der Waals surface area contributed by atoms with Gasteiger partial charge in [-0.1, -0.05) is 39.7 Å². The third-order valence-corrected chi connectivity index (χ3v) is 2.47. The molecule has 0 aliphatic rings. The highest BCUT2D eigenvalue weighted by Crippen LogP contribution is 2.10. The molecular weight excluding hydrogens is 267 g/mol. The van der Waals surface area contributed by atoms with Crippen LogP contribution in [0.15, 0.2) is 24.3 Å². The van der Waals surface area contributed by atoms with Gasteiger partial charge in [-0.25, -0.2) is 0 Å². The lowest BCUT2D eigenvalue weighted by molar-refractivity contribution is -0.121. The molecule has 76 valence electrons. The van der Waals surface area contributed by atoms with E-state index in [-0.39, 0.29) is 12.4 Å². The minimum Gasteiger partial charge on any atom is -0.369 e. The summed E-state index contributed by atoms with van der Waals surface area (Å²) in [5.74, 6) is 0.0407. The number of carbonyl (C=O) groups is 1. The SMILES string of the molecule is O=C(CBr)COCc1ccc(Cl)cc1. The summed E-state index contributed by atoms with van der Waals surface area (Å²) in [4.78, 5) is 10.9. The number of hydrogen-bond acceptors (Lipinski definition) is 2. The summed E-state index contributed by atoms with van der Waals surface area (Å²) in [6.45, 7) is 0.587. The second-order valence-corrected chi connectivity index (χ2v) is 3.79. The van der Waals surface area contributed by atoms with E-state index in [1.807, 2.05) is 12.1 Å². The molecule has 1 rings (SSSR count). The van der Waals surface area contributed by atoms with E-state index in [1.165, 1.54) is 0 Å². The molecule has 0 aromatic heterocycles. The first-order valence-electron chi connectivity index (χ1n) is 4.12. The Morgan fingerprint density at radius 3 is 2.57 bits per heavy atom. The van der Waals surface area contributed by atoms with Gasteiger partial charge in [0.15, 0.2) is 5.78 Å². The molecule has 0 N–H and O–H groups in total. The van der Waals surface area contributed by atoms with Crippen LogP contribution in [0.1, 0.15) is 5.56 Å². The Morgan fingerprint density at radius 2 is 2.00 bits per heavy atom. The predicted octanol–water partition coefficient (Wildman–Crippen LogP) is 2.82. The molecule has 1 aromatic carbocycles. The number of carbonyl (C=O) groups excluding carboxylic acids is 1. The maximum Gasteiger partial charge on any atom is 0.168 e. The summed E-state index contributed by atoms with van der Waals surface area (Å²) in [6.07, 6.45) is 0. The maximum absolute atomic E-state index is 10.9.